The van der Waals surface area contributed by atoms with Crippen molar-refractivity contribution in [2.24, 2.45) is 5.92 Å². The van der Waals surface area contributed by atoms with Gasteiger partial charge in [-0.15, -0.1) is 11.8 Å². The first-order valence-electron chi connectivity index (χ1n) is 13.9. The number of benzene rings is 1. The third-order valence-corrected chi connectivity index (χ3v) is 9.21. The minimum atomic E-state index is -0.659. The summed E-state index contributed by atoms with van der Waals surface area (Å²) in [5.74, 6) is 1.94. The molecule has 2 fully saturated rings. The zero-order chi connectivity index (χ0) is 27.9. The van der Waals surface area contributed by atoms with Crippen molar-refractivity contribution in [1.29, 1.82) is 0 Å². The van der Waals surface area contributed by atoms with Crippen LogP contribution >= 0.6 is 35.1 Å². The second kappa shape index (κ2) is 17.9. The van der Waals surface area contributed by atoms with Gasteiger partial charge in [0.1, 0.15) is 12.6 Å². The Kier molecular flexibility index (Phi) is 14.7. The molecule has 1 saturated carbocycles. The molecule has 218 valence electrons. The van der Waals surface area contributed by atoms with E-state index in [0.29, 0.717) is 11.7 Å². The second-order valence-corrected chi connectivity index (χ2v) is 12.5. The van der Waals surface area contributed by atoms with Crippen LogP contribution in [-0.4, -0.2) is 89.1 Å². The van der Waals surface area contributed by atoms with E-state index in [1.807, 2.05) is 12.3 Å². The van der Waals surface area contributed by atoms with Gasteiger partial charge >= 0.3 is 6.09 Å². The van der Waals surface area contributed by atoms with Crippen LogP contribution in [0, 0.1) is 5.92 Å². The number of halogens is 1. The number of amides is 3. The number of carbonyl (C=O) groups is 3. The summed E-state index contributed by atoms with van der Waals surface area (Å²) in [6, 6.07) is 9.57. The molecule has 8 nitrogen and oxygen atoms in total. The van der Waals surface area contributed by atoms with Gasteiger partial charge in [0.2, 0.25) is 11.8 Å². The molecule has 1 aliphatic heterocycles. The monoisotopic (exact) mass is 598 g/mol. The van der Waals surface area contributed by atoms with E-state index >= 15 is 0 Å². The van der Waals surface area contributed by atoms with Crippen LogP contribution in [0.2, 0.25) is 0 Å². The number of nitrogens with one attached hydrogen (secondary N) is 2. The summed E-state index contributed by atoms with van der Waals surface area (Å²) in [6.45, 7) is 2.56. The van der Waals surface area contributed by atoms with Gasteiger partial charge in [0, 0.05) is 31.4 Å². The predicted molar refractivity (Wildman–Crippen MR) is 161 cm³/mol. The number of rotatable bonds is 14. The first kappa shape index (κ1) is 31.9. The standard InChI is InChI=1S/C28H43ClN4O4S2/c1-38-21-33(28(36)37-20-29)17-26(34)31-25(19-39-18-23-10-6-3-7-11-23)27(35)30-24-12-14-32(15-13-24)16-22-8-4-2-5-9-22/h2,4-5,8-9,23-25H,3,6-7,10-21H2,1H3,(H,30,35)(H,31,34). The Balaban J connectivity index is 1.52. The molecule has 1 atom stereocenters. The molecule has 0 radical (unpaired) electrons. The molecule has 2 aliphatic rings. The molecule has 0 bridgehead atoms. The highest BCUT2D eigenvalue weighted by Gasteiger charge is 2.28. The van der Waals surface area contributed by atoms with E-state index in [-0.39, 0.29) is 36.3 Å². The fourth-order valence-electron chi connectivity index (χ4n) is 5.14. The van der Waals surface area contributed by atoms with Crippen LogP contribution in [0.3, 0.4) is 0 Å². The van der Waals surface area contributed by atoms with Gasteiger partial charge in [0.15, 0.2) is 6.07 Å². The van der Waals surface area contributed by atoms with Crippen molar-refractivity contribution in [3.05, 3.63) is 35.9 Å². The van der Waals surface area contributed by atoms with E-state index in [4.69, 9.17) is 16.3 Å². The van der Waals surface area contributed by atoms with Crippen LogP contribution in [0.1, 0.15) is 50.5 Å². The van der Waals surface area contributed by atoms with Crippen LogP contribution in [0.5, 0.6) is 0 Å². The van der Waals surface area contributed by atoms with Crippen LogP contribution in [-0.2, 0) is 20.9 Å². The first-order valence-corrected chi connectivity index (χ1v) is 17.0. The molecule has 3 amide bonds. The highest BCUT2D eigenvalue weighted by Crippen LogP contribution is 2.27. The summed E-state index contributed by atoms with van der Waals surface area (Å²) in [4.78, 5) is 42.2. The molecular weight excluding hydrogens is 556 g/mol. The van der Waals surface area contributed by atoms with Gasteiger partial charge in [0.25, 0.3) is 0 Å². The summed E-state index contributed by atoms with van der Waals surface area (Å²) >= 11 is 8.66. The van der Waals surface area contributed by atoms with Crippen LogP contribution in [0.4, 0.5) is 4.79 Å². The van der Waals surface area contributed by atoms with Gasteiger partial charge in [-0.05, 0) is 49.2 Å². The van der Waals surface area contributed by atoms with Crippen molar-refractivity contribution >= 4 is 53.0 Å². The molecule has 1 heterocycles. The van der Waals surface area contributed by atoms with E-state index in [2.05, 4.69) is 39.8 Å². The van der Waals surface area contributed by atoms with E-state index < -0.39 is 12.1 Å². The van der Waals surface area contributed by atoms with Crippen molar-refractivity contribution in [1.82, 2.24) is 20.4 Å². The van der Waals surface area contributed by atoms with Crippen molar-refractivity contribution in [2.45, 2.75) is 63.6 Å². The number of thioether (sulfide) groups is 2. The minimum Gasteiger partial charge on any atom is -0.433 e. The molecule has 2 N–H and O–H groups in total. The number of nitrogens with zero attached hydrogens (tertiary/aromatic N) is 2. The maximum atomic E-state index is 13.4. The molecule has 1 aromatic carbocycles. The molecule has 1 saturated heterocycles. The third-order valence-electron chi connectivity index (χ3n) is 7.25. The SMILES string of the molecule is CSCN(CC(=O)NC(CSCC1CCCCC1)C(=O)NC1CCN(Cc2ccccc2)CC1)C(=O)OCCl. The molecule has 0 spiro atoms. The van der Waals surface area contributed by atoms with Crippen molar-refractivity contribution in [3.8, 4) is 0 Å². The average molecular weight is 599 g/mol. The van der Waals surface area contributed by atoms with Crippen molar-refractivity contribution < 1.29 is 19.1 Å². The highest BCUT2D eigenvalue weighted by atomic mass is 35.5. The fourth-order valence-corrected chi connectivity index (χ4v) is 7.01. The second-order valence-electron chi connectivity index (χ2n) is 10.3. The normalized spacial score (nSPS) is 17.8. The summed E-state index contributed by atoms with van der Waals surface area (Å²) in [7, 11) is 0. The van der Waals surface area contributed by atoms with Crippen molar-refractivity contribution in [3.63, 3.8) is 0 Å². The Bertz CT molecular complexity index is 884. The van der Waals surface area contributed by atoms with Gasteiger partial charge in [-0.2, -0.15) is 11.8 Å². The summed E-state index contributed by atoms with van der Waals surface area (Å²) < 4.78 is 4.86. The number of hydrogen-bond donors (Lipinski definition) is 2. The summed E-state index contributed by atoms with van der Waals surface area (Å²) in [5.41, 5.74) is 1.29. The first-order chi connectivity index (χ1) is 19.0. The van der Waals surface area contributed by atoms with Gasteiger partial charge < -0.3 is 15.4 Å². The van der Waals surface area contributed by atoms with E-state index in [1.165, 1.54) is 54.3 Å². The number of piperidine rings is 1. The lowest BCUT2D eigenvalue weighted by Crippen LogP contribution is -2.54. The largest absolute Gasteiger partial charge is 0.433 e. The lowest BCUT2D eigenvalue weighted by Gasteiger charge is -2.33. The zero-order valence-corrected chi connectivity index (χ0v) is 25.3. The Hall–Kier alpha value is -1.62. The maximum Gasteiger partial charge on any atom is 0.412 e. The van der Waals surface area contributed by atoms with Gasteiger partial charge in [0.05, 0.1) is 5.88 Å². The number of alkyl halides is 1. The molecule has 1 aliphatic carbocycles. The number of likely N-dealkylation sites (tertiary alicyclic amines) is 1. The van der Waals surface area contributed by atoms with Gasteiger partial charge in [-0.1, -0.05) is 61.2 Å². The Labute approximate surface area is 246 Å². The topological polar surface area (TPSA) is 91.0 Å². The summed E-state index contributed by atoms with van der Waals surface area (Å²) in [6.07, 6.45) is 9.28. The van der Waals surface area contributed by atoms with Crippen LogP contribution in [0.15, 0.2) is 30.3 Å². The Morgan fingerprint density at radius 2 is 1.82 bits per heavy atom. The van der Waals surface area contributed by atoms with Gasteiger partial charge in [-0.25, -0.2) is 4.79 Å². The molecule has 11 heteroatoms. The predicted octanol–water partition coefficient (Wildman–Crippen LogP) is 4.52. The Morgan fingerprint density at radius 1 is 1.10 bits per heavy atom. The summed E-state index contributed by atoms with van der Waals surface area (Å²) in [5, 5.41) is 6.10. The van der Waals surface area contributed by atoms with Crippen LogP contribution < -0.4 is 10.6 Å². The molecule has 39 heavy (non-hydrogen) atoms. The maximum absolute atomic E-state index is 13.4. The minimum absolute atomic E-state index is 0.0824. The average Bonchev–Trinajstić information content (AvgIpc) is 2.94. The molecule has 3 rings (SSSR count). The van der Waals surface area contributed by atoms with Gasteiger partial charge in [-0.3, -0.25) is 19.4 Å². The number of hydrogen-bond acceptors (Lipinski definition) is 7. The quantitative estimate of drug-likeness (QED) is 0.240. The third kappa shape index (κ3) is 11.8. The molecular formula is C28H43ClN4O4S2. The van der Waals surface area contributed by atoms with Crippen molar-refractivity contribution in [2.75, 3.05) is 49.3 Å². The smallest absolute Gasteiger partial charge is 0.412 e. The lowest BCUT2D eigenvalue weighted by atomic mass is 9.91. The lowest BCUT2D eigenvalue weighted by molar-refractivity contribution is -0.129. The van der Waals surface area contributed by atoms with Crippen LogP contribution in [0.25, 0.3) is 0 Å². The number of ether oxygens (including phenoxy) is 1. The Morgan fingerprint density at radius 3 is 2.49 bits per heavy atom. The zero-order valence-electron chi connectivity index (χ0n) is 22.9. The van der Waals surface area contributed by atoms with E-state index in [9.17, 15) is 14.4 Å². The fraction of sp³-hybridized carbons (Fsp3) is 0.679. The molecule has 1 aromatic rings. The molecule has 0 aromatic heterocycles. The highest BCUT2D eigenvalue weighted by molar-refractivity contribution is 7.99. The van der Waals surface area contributed by atoms with E-state index in [0.717, 1.165) is 38.2 Å². The van der Waals surface area contributed by atoms with E-state index in [1.54, 1.807) is 11.8 Å². The molecule has 1 unspecified atom stereocenters. The number of carbonyl (C=O) groups excluding carboxylic acids is 3.